The summed E-state index contributed by atoms with van der Waals surface area (Å²) in [7, 11) is 0. The van der Waals surface area contributed by atoms with Crippen LogP contribution in [0.4, 0.5) is 0 Å². The fourth-order valence-corrected chi connectivity index (χ4v) is 2.48. The van der Waals surface area contributed by atoms with Crippen molar-refractivity contribution in [1.29, 1.82) is 0 Å². The largest absolute Gasteiger partial charge is 0.480 e. The maximum absolute atomic E-state index is 12.1. The van der Waals surface area contributed by atoms with Crippen LogP contribution in [0.5, 0.6) is 0 Å². The van der Waals surface area contributed by atoms with Crippen LogP contribution >= 0.6 is 0 Å². The fourth-order valence-electron chi connectivity index (χ4n) is 2.48. The van der Waals surface area contributed by atoms with Crippen LogP contribution in [0.15, 0.2) is 0 Å². The molecular weight excluding hydrogens is 298 g/mol. The molecule has 1 aliphatic carbocycles. The minimum absolute atomic E-state index is 0.0277. The van der Waals surface area contributed by atoms with Gasteiger partial charge in [0, 0.05) is 17.5 Å². The Labute approximate surface area is 137 Å². The zero-order chi connectivity index (χ0) is 17.8. The monoisotopic (exact) mass is 327 g/mol. The smallest absolute Gasteiger partial charge is 0.317 e. The van der Waals surface area contributed by atoms with E-state index in [1.165, 1.54) is 0 Å². The van der Waals surface area contributed by atoms with Crippen LogP contribution in [-0.2, 0) is 14.4 Å². The Kier molecular flexibility index (Phi) is 6.56. The Morgan fingerprint density at radius 1 is 1.26 bits per heavy atom. The number of aliphatic carboxylic acids is 1. The van der Waals surface area contributed by atoms with Gasteiger partial charge in [0.2, 0.25) is 11.8 Å². The lowest BCUT2D eigenvalue weighted by Gasteiger charge is -2.42. The lowest BCUT2D eigenvalue weighted by atomic mass is 9.85. The first-order valence-corrected chi connectivity index (χ1v) is 8.11. The molecule has 0 aromatic carbocycles. The maximum atomic E-state index is 12.1. The molecule has 0 aromatic rings. The predicted octanol–water partition coefficient (Wildman–Crippen LogP) is 0.591. The van der Waals surface area contributed by atoms with E-state index in [1.807, 2.05) is 11.8 Å². The van der Waals surface area contributed by atoms with Gasteiger partial charge in [-0.3, -0.25) is 19.3 Å². The summed E-state index contributed by atoms with van der Waals surface area (Å²) in [5.74, 6) is -1.20. The van der Waals surface area contributed by atoms with Crippen LogP contribution < -0.4 is 10.6 Å². The van der Waals surface area contributed by atoms with E-state index >= 15 is 0 Å². The molecule has 1 saturated carbocycles. The van der Waals surface area contributed by atoms with Crippen molar-refractivity contribution in [1.82, 2.24) is 15.5 Å². The maximum Gasteiger partial charge on any atom is 0.317 e. The summed E-state index contributed by atoms with van der Waals surface area (Å²) in [5, 5.41) is 14.5. The standard InChI is InChI=1S/C16H29N3O4/c1-6-19(9-13(20)21)12-7-11(8-12)18-14(22)10(2)17-15(23)16(3,4)5/h10-12H,6-9H2,1-5H3,(H,17,23)(H,18,22)(H,20,21). The molecule has 1 atom stereocenters. The summed E-state index contributed by atoms with van der Waals surface area (Å²) in [6, 6.07) is -0.340. The van der Waals surface area contributed by atoms with Crippen molar-refractivity contribution in [3.05, 3.63) is 0 Å². The van der Waals surface area contributed by atoms with Gasteiger partial charge in [-0.05, 0) is 26.3 Å². The minimum atomic E-state index is -0.835. The number of carboxylic acid groups (broad SMARTS) is 1. The number of carboxylic acids is 1. The molecule has 1 aliphatic rings. The van der Waals surface area contributed by atoms with Crippen LogP contribution in [0, 0.1) is 5.41 Å². The number of carbonyl (C=O) groups excluding carboxylic acids is 2. The molecule has 1 unspecified atom stereocenters. The van der Waals surface area contributed by atoms with Crippen molar-refractivity contribution in [2.75, 3.05) is 13.1 Å². The van der Waals surface area contributed by atoms with Gasteiger partial charge in [0.05, 0.1) is 6.54 Å². The topological polar surface area (TPSA) is 98.7 Å². The Morgan fingerprint density at radius 2 is 1.83 bits per heavy atom. The lowest BCUT2D eigenvalue weighted by molar-refractivity contribution is -0.139. The zero-order valence-corrected chi connectivity index (χ0v) is 14.7. The highest BCUT2D eigenvalue weighted by Crippen LogP contribution is 2.25. The highest BCUT2D eigenvalue weighted by Gasteiger charge is 2.35. The van der Waals surface area contributed by atoms with Gasteiger partial charge >= 0.3 is 5.97 Å². The van der Waals surface area contributed by atoms with Crippen LogP contribution in [0.2, 0.25) is 0 Å². The van der Waals surface area contributed by atoms with Crippen molar-refractivity contribution < 1.29 is 19.5 Å². The Bertz CT molecular complexity index is 453. The second-order valence-corrected chi connectivity index (χ2v) is 7.23. The van der Waals surface area contributed by atoms with E-state index in [9.17, 15) is 14.4 Å². The summed E-state index contributed by atoms with van der Waals surface area (Å²) >= 11 is 0. The van der Waals surface area contributed by atoms with Gasteiger partial charge in [-0.2, -0.15) is 0 Å². The van der Waals surface area contributed by atoms with Gasteiger partial charge < -0.3 is 15.7 Å². The molecule has 7 heteroatoms. The minimum Gasteiger partial charge on any atom is -0.480 e. The van der Waals surface area contributed by atoms with Gasteiger partial charge in [0.1, 0.15) is 6.04 Å². The van der Waals surface area contributed by atoms with E-state index in [2.05, 4.69) is 10.6 Å². The van der Waals surface area contributed by atoms with E-state index in [0.29, 0.717) is 6.54 Å². The van der Waals surface area contributed by atoms with E-state index < -0.39 is 17.4 Å². The molecule has 1 fully saturated rings. The summed E-state index contributed by atoms with van der Waals surface area (Å²) in [6.45, 7) is 9.69. The van der Waals surface area contributed by atoms with E-state index in [1.54, 1.807) is 27.7 Å². The number of hydrogen-bond donors (Lipinski definition) is 3. The summed E-state index contributed by atoms with van der Waals surface area (Å²) in [6.07, 6.45) is 1.49. The number of carbonyl (C=O) groups is 3. The molecule has 7 nitrogen and oxygen atoms in total. The highest BCUT2D eigenvalue weighted by molar-refractivity contribution is 5.89. The molecule has 23 heavy (non-hydrogen) atoms. The third kappa shape index (κ3) is 5.82. The predicted molar refractivity (Wildman–Crippen MR) is 86.9 cm³/mol. The second kappa shape index (κ2) is 7.77. The quantitative estimate of drug-likeness (QED) is 0.636. The lowest BCUT2D eigenvalue weighted by Crippen LogP contribution is -2.57. The van der Waals surface area contributed by atoms with Crippen LogP contribution in [0.1, 0.15) is 47.5 Å². The molecule has 2 amide bonds. The van der Waals surface area contributed by atoms with Gasteiger partial charge in [-0.25, -0.2) is 0 Å². The molecule has 0 heterocycles. The molecule has 132 valence electrons. The second-order valence-electron chi connectivity index (χ2n) is 7.23. The van der Waals surface area contributed by atoms with Crippen molar-refractivity contribution in [2.24, 2.45) is 5.41 Å². The van der Waals surface area contributed by atoms with Gasteiger partial charge in [0.15, 0.2) is 0 Å². The number of rotatable bonds is 7. The summed E-state index contributed by atoms with van der Waals surface area (Å²) in [4.78, 5) is 36.7. The molecule has 0 saturated heterocycles. The number of hydrogen-bond acceptors (Lipinski definition) is 4. The van der Waals surface area contributed by atoms with E-state index in [0.717, 1.165) is 12.8 Å². The van der Waals surface area contributed by atoms with E-state index in [-0.39, 0.29) is 30.4 Å². The average molecular weight is 327 g/mol. The Morgan fingerprint density at radius 3 is 2.26 bits per heavy atom. The highest BCUT2D eigenvalue weighted by atomic mass is 16.4. The van der Waals surface area contributed by atoms with Crippen LogP contribution in [0.3, 0.4) is 0 Å². The molecule has 0 aromatic heterocycles. The third-order valence-electron chi connectivity index (χ3n) is 4.14. The van der Waals surface area contributed by atoms with Gasteiger partial charge in [-0.1, -0.05) is 27.7 Å². The number of likely N-dealkylation sites (N-methyl/N-ethyl adjacent to an activating group) is 1. The van der Waals surface area contributed by atoms with E-state index in [4.69, 9.17) is 5.11 Å². The van der Waals surface area contributed by atoms with Gasteiger partial charge in [-0.15, -0.1) is 0 Å². The molecular formula is C16H29N3O4. The molecule has 0 spiro atoms. The van der Waals surface area contributed by atoms with Crippen LogP contribution in [0.25, 0.3) is 0 Å². The SMILES string of the molecule is CCN(CC(=O)O)C1CC(NC(=O)C(C)NC(=O)C(C)(C)C)C1. The van der Waals surface area contributed by atoms with Crippen molar-refractivity contribution >= 4 is 17.8 Å². The average Bonchev–Trinajstić information content (AvgIpc) is 2.38. The van der Waals surface area contributed by atoms with Gasteiger partial charge in [0.25, 0.3) is 0 Å². The Balaban J connectivity index is 2.37. The first-order chi connectivity index (χ1) is 10.5. The normalized spacial score (nSPS) is 22.2. The number of nitrogens with one attached hydrogen (secondary N) is 2. The fraction of sp³-hybridized carbons (Fsp3) is 0.812. The van der Waals surface area contributed by atoms with Crippen LogP contribution in [-0.4, -0.2) is 59.0 Å². The Hall–Kier alpha value is -1.63. The molecule has 0 bridgehead atoms. The molecule has 3 N–H and O–H groups in total. The third-order valence-corrected chi connectivity index (χ3v) is 4.14. The first-order valence-electron chi connectivity index (χ1n) is 8.11. The summed E-state index contributed by atoms with van der Waals surface area (Å²) in [5.41, 5.74) is -0.533. The van der Waals surface area contributed by atoms with Crippen molar-refractivity contribution in [3.8, 4) is 0 Å². The number of amides is 2. The molecule has 0 radical (unpaired) electrons. The molecule has 0 aliphatic heterocycles. The first kappa shape index (κ1) is 19.4. The zero-order valence-electron chi connectivity index (χ0n) is 14.7. The van der Waals surface area contributed by atoms with Crippen molar-refractivity contribution in [2.45, 2.75) is 65.6 Å². The van der Waals surface area contributed by atoms with Crippen molar-refractivity contribution in [3.63, 3.8) is 0 Å². The summed E-state index contributed by atoms with van der Waals surface area (Å²) < 4.78 is 0. The number of nitrogens with zero attached hydrogens (tertiary/aromatic N) is 1. The molecule has 1 rings (SSSR count).